The van der Waals surface area contributed by atoms with Crippen LogP contribution in [0, 0.1) is 11.6 Å². The van der Waals surface area contributed by atoms with Crippen molar-refractivity contribution in [2.45, 2.75) is 19.3 Å². The van der Waals surface area contributed by atoms with E-state index in [4.69, 9.17) is 5.11 Å². The van der Waals surface area contributed by atoms with E-state index in [0.29, 0.717) is 4.47 Å². The lowest BCUT2D eigenvalue weighted by atomic mass is 9.96. The van der Waals surface area contributed by atoms with Crippen LogP contribution in [0.2, 0.25) is 0 Å². The number of aliphatic carboxylic acids is 1. The van der Waals surface area contributed by atoms with E-state index < -0.39 is 23.5 Å². The molecule has 1 aromatic rings. The molecule has 2 nitrogen and oxygen atoms in total. The molecule has 1 N–H and O–H groups in total. The molecule has 0 radical (unpaired) electrons. The van der Waals surface area contributed by atoms with Crippen LogP contribution in [-0.4, -0.2) is 11.1 Å². The Morgan fingerprint density at radius 3 is 2.47 bits per heavy atom. The third kappa shape index (κ3) is 3.93. The van der Waals surface area contributed by atoms with E-state index in [1.807, 2.05) is 0 Å². The van der Waals surface area contributed by atoms with E-state index >= 15 is 0 Å². The van der Waals surface area contributed by atoms with Crippen LogP contribution in [0.4, 0.5) is 8.78 Å². The van der Waals surface area contributed by atoms with E-state index in [0.717, 1.165) is 6.08 Å². The molecule has 0 bridgehead atoms. The number of hydrogen-bond donors (Lipinski definition) is 1. The maximum Gasteiger partial charge on any atom is 0.327 e. The molecule has 0 spiro atoms. The van der Waals surface area contributed by atoms with E-state index in [1.165, 1.54) is 18.2 Å². The first-order valence-corrected chi connectivity index (χ1v) is 5.75. The molecule has 1 atom stereocenters. The number of carboxylic acids is 1. The Kier molecular flexibility index (Phi) is 4.81. The molecular formula is C12H11BrF2O2. The molecule has 0 unspecified atom stereocenters. The molecule has 0 saturated carbocycles. The molecule has 92 valence electrons. The van der Waals surface area contributed by atoms with Crippen molar-refractivity contribution in [1.29, 1.82) is 0 Å². The zero-order valence-corrected chi connectivity index (χ0v) is 10.7. The standard InChI is InChI=1S/C12H11BrF2O2/c1-7(3-2-4-11(16)17)12-9(14)5-8(13)6-10(12)15/h2,4-7H,3H2,1H3,(H,16,17)/b4-2+/t7-/m0/s1. The zero-order valence-electron chi connectivity index (χ0n) is 9.08. The van der Waals surface area contributed by atoms with Gasteiger partial charge < -0.3 is 5.11 Å². The Morgan fingerprint density at radius 2 is 2.00 bits per heavy atom. The van der Waals surface area contributed by atoms with Gasteiger partial charge in [-0.1, -0.05) is 28.9 Å². The van der Waals surface area contributed by atoms with Crippen LogP contribution in [0.3, 0.4) is 0 Å². The maximum absolute atomic E-state index is 13.5. The minimum Gasteiger partial charge on any atom is -0.478 e. The van der Waals surface area contributed by atoms with Gasteiger partial charge >= 0.3 is 5.97 Å². The number of hydrogen-bond acceptors (Lipinski definition) is 1. The van der Waals surface area contributed by atoms with Crippen molar-refractivity contribution in [1.82, 2.24) is 0 Å². The number of halogens is 3. The van der Waals surface area contributed by atoms with E-state index in [9.17, 15) is 13.6 Å². The van der Waals surface area contributed by atoms with Crippen LogP contribution in [-0.2, 0) is 4.79 Å². The molecule has 0 aliphatic heterocycles. The highest BCUT2D eigenvalue weighted by atomic mass is 79.9. The monoisotopic (exact) mass is 304 g/mol. The van der Waals surface area contributed by atoms with Gasteiger partial charge in [0.15, 0.2) is 0 Å². The third-order valence-corrected chi connectivity index (χ3v) is 2.74. The van der Waals surface area contributed by atoms with Crippen molar-refractivity contribution in [3.05, 3.63) is 46.0 Å². The summed E-state index contributed by atoms with van der Waals surface area (Å²) < 4.78 is 27.4. The first-order valence-electron chi connectivity index (χ1n) is 4.95. The maximum atomic E-state index is 13.5. The smallest absolute Gasteiger partial charge is 0.327 e. The summed E-state index contributed by atoms with van der Waals surface area (Å²) in [4.78, 5) is 10.3. The van der Waals surface area contributed by atoms with Gasteiger partial charge in [0, 0.05) is 16.1 Å². The molecule has 17 heavy (non-hydrogen) atoms. The number of carboxylic acid groups (broad SMARTS) is 1. The summed E-state index contributed by atoms with van der Waals surface area (Å²) in [6, 6.07) is 2.38. The van der Waals surface area contributed by atoms with Crippen LogP contribution in [0.5, 0.6) is 0 Å². The SMILES string of the molecule is C[C@@H](C/C=C/C(=O)O)c1c(F)cc(Br)cc1F. The lowest BCUT2D eigenvalue weighted by Gasteiger charge is -2.12. The number of rotatable bonds is 4. The van der Waals surface area contributed by atoms with Crippen molar-refractivity contribution < 1.29 is 18.7 Å². The van der Waals surface area contributed by atoms with Gasteiger partial charge in [0.1, 0.15) is 11.6 Å². The van der Waals surface area contributed by atoms with Crippen LogP contribution in [0.1, 0.15) is 24.8 Å². The van der Waals surface area contributed by atoms with Gasteiger partial charge in [-0.25, -0.2) is 13.6 Å². The highest BCUT2D eigenvalue weighted by Gasteiger charge is 2.16. The zero-order chi connectivity index (χ0) is 13.0. The topological polar surface area (TPSA) is 37.3 Å². The molecule has 0 heterocycles. The second-order valence-corrected chi connectivity index (χ2v) is 4.58. The Balaban J connectivity index is 2.89. The van der Waals surface area contributed by atoms with E-state index in [-0.39, 0.29) is 12.0 Å². The van der Waals surface area contributed by atoms with Crippen molar-refractivity contribution in [2.24, 2.45) is 0 Å². The summed E-state index contributed by atoms with van der Waals surface area (Å²) in [5.41, 5.74) is -0.0248. The summed E-state index contributed by atoms with van der Waals surface area (Å²) in [6.45, 7) is 1.64. The average Bonchev–Trinajstić information content (AvgIpc) is 2.14. The van der Waals surface area contributed by atoms with Gasteiger partial charge in [0.25, 0.3) is 0 Å². The minimum absolute atomic E-state index is 0.0248. The Bertz CT molecular complexity index is 435. The Labute approximate surface area is 106 Å². The summed E-state index contributed by atoms with van der Waals surface area (Å²) in [5, 5.41) is 8.40. The van der Waals surface area contributed by atoms with E-state index in [2.05, 4.69) is 15.9 Å². The largest absolute Gasteiger partial charge is 0.478 e. The van der Waals surface area contributed by atoms with E-state index in [1.54, 1.807) is 6.92 Å². The van der Waals surface area contributed by atoms with Gasteiger partial charge in [0.2, 0.25) is 0 Å². The van der Waals surface area contributed by atoms with Crippen LogP contribution < -0.4 is 0 Å². The van der Waals surface area contributed by atoms with Gasteiger partial charge in [-0.15, -0.1) is 0 Å². The molecule has 1 rings (SSSR count). The fourth-order valence-electron chi connectivity index (χ4n) is 1.51. The highest BCUT2D eigenvalue weighted by Crippen LogP contribution is 2.28. The minimum atomic E-state index is -1.08. The van der Waals surface area contributed by atoms with Gasteiger partial charge in [0.05, 0.1) is 0 Å². The normalized spacial score (nSPS) is 12.9. The molecule has 0 amide bonds. The second kappa shape index (κ2) is 5.91. The molecular weight excluding hydrogens is 294 g/mol. The fraction of sp³-hybridized carbons (Fsp3) is 0.250. The van der Waals surface area contributed by atoms with Crippen LogP contribution in [0.15, 0.2) is 28.8 Å². The highest BCUT2D eigenvalue weighted by molar-refractivity contribution is 9.10. The molecule has 1 aromatic carbocycles. The van der Waals surface area contributed by atoms with Crippen LogP contribution >= 0.6 is 15.9 Å². The molecule has 5 heteroatoms. The lowest BCUT2D eigenvalue weighted by Crippen LogP contribution is -2.01. The van der Waals surface area contributed by atoms with Gasteiger partial charge in [-0.05, 0) is 24.5 Å². The van der Waals surface area contributed by atoms with Crippen molar-refractivity contribution in [3.8, 4) is 0 Å². The van der Waals surface area contributed by atoms with Crippen LogP contribution in [0.25, 0.3) is 0 Å². The molecule has 0 aliphatic carbocycles. The second-order valence-electron chi connectivity index (χ2n) is 3.66. The molecule has 0 aliphatic rings. The predicted molar refractivity (Wildman–Crippen MR) is 63.9 cm³/mol. The molecule has 0 saturated heterocycles. The van der Waals surface area contributed by atoms with Crippen molar-refractivity contribution in [3.63, 3.8) is 0 Å². The van der Waals surface area contributed by atoms with Crippen molar-refractivity contribution >= 4 is 21.9 Å². The van der Waals surface area contributed by atoms with Gasteiger partial charge in [-0.2, -0.15) is 0 Å². The number of carbonyl (C=O) groups is 1. The average molecular weight is 305 g/mol. The predicted octanol–water partition coefficient (Wildman–Crippen LogP) is 3.86. The summed E-state index contributed by atoms with van der Waals surface area (Å²) >= 11 is 3.00. The Hall–Kier alpha value is -1.23. The first-order chi connectivity index (χ1) is 7.91. The van der Waals surface area contributed by atoms with Crippen molar-refractivity contribution in [2.75, 3.05) is 0 Å². The number of allylic oxidation sites excluding steroid dienone is 1. The Morgan fingerprint density at radius 1 is 1.47 bits per heavy atom. The number of benzene rings is 1. The van der Waals surface area contributed by atoms with Gasteiger partial charge in [-0.3, -0.25) is 0 Å². The summed E-state index contributed by atoms with van der Waals surface area (Å²) in [7, 11) is 0. The third-order valence-electron chi connectivity index (χ3n) is 2.29. The molecule has 0 aromatic heterocycles. The lowest BCUT2D eigenvalue weighted by molar-refractivity contribution is -0.131. The summed E-state index contributed by atoms with van der Waals surface area (Å²) in [6.07, 6.45) is 2.61. The first kappa shape index (κ1) is 13.8. The quantitative estimate of drug-likeness (QED) is 0.858. The summed E-state index contributed by atoms with van der Waals surface area (Å²) in [5.74, 6) is -2.76. The molecule has 0 fully saturated rings. The fourth-order valence-corrected chi connectivity index (χ4v) is 1.92.